The summed E-state index contributed by atoms with van der Waals surface area (Å²) >= 11 is 6.15. The van der Waals surface area contributed by atoms with Gasteiger partial charge in [-0.2, -0.15) is 0 Å². The smallest absolute Gasteiger partial charge is 0.265 e. The van der Waals surface area contributed by atoms with Gasteiger partial charge in [-0.05, 0) is 48.9 Å². The van der Waals surface area contributed by atoms with Crippen LogP contribution in [0.25, 0.3) is 0 Å². The third-order valence-corrected chi connectivity index (χ3v) is 4.72. The van der Waals surface area contributed by atoms with Crippen LogP contribution < -0.4 is 15.0 Å². The van der Waals surface area contributed by atoms with Gasteiger partial charge in [-0.15, -0.1) is 0 Å². The van der Waals surface area contributed by atoms with E-state index in [0.717, 1.165) is 22.6 Å². The quantitative estimate of drug-likeness (QED) is 0.634. The van der Waals surface area contributed by atoms with Crippen molar-refractivity contribution in [2.24, 2.45) is 0 Å². The monoisotopic (exact) mass is 364 g/mol. The highest BCUT2D eigenvalue weighted by atomic mass is 35.5. The predicted octanol–water partition coefficient (Wildman–Crippen LogP) is 5.69. The summed E-state index contributed by atoms with van der Waals surface area (Å²) in [5, 5.41) is 3.91. The summed E-state index contributed by atoms with van der Waals surface area (Å²) in [7, 11) is 1.62. The zero-order chi connectivity index (χ0) is 18.3. The molecule has 0 aliphatic carbocycles. The average Bonchev–Trinajstić information content (AvgIpc) is 2.75. The van der Waals surface area contributed by atoms with E-state index in [-0.39, 0.29) is 5.91 Å². The van der Waals surface area contributed by atoms with E-state index in [2.05, 4.69) is 5.32 Å². The Morgan fingerprint density at radius 3 is 2.54 bits per heavy atom. The highest BCUT2D eigenvalue weighted by Gasteiger charge is 2.29. The first-order valence-corrected chi connectivity index (χ1v) is 8.61. The molecule has 4 rings (SSSR count). The normalized spacial score (nSPS) is 12.7. The molecule has 26 heavy (non-hydrogen) atoms. The molecule has 0 aromatic heterocycles. The lowest BCUT2D eigenvalue weighted by atomic mass is 10.1. The van der Waals surface area contributed by atoms with Crippen molar-refractivity contribution in [3.05, 3.63) is 76.8 Å². The van der Waals surface area contributed by atoms with Crippen molar-refractivity contribution in [2.45, 2.75) is 6.92 Å². The number of nitrogens with one attached hydrogen (secondary N) is 1. The summed E-state index contributed by atoms with van der Waals surface area (Å²) in [6.07, 6.45) is 0. The SMILES string of the molecule is COc1ccc2c(c1)Nc1cc(Cl)ccc1C(=O)N2c1ccccc1C. The van der Waals surface area contributed by atoms with Gasteiger partial charge in [-0.3, -0.25) is 9.69 Å². The van der Waals surface area contributed by atoms with E-state index < -0.39 is 0 Å². The molecule has 0 atom stereocenters. The van der Waals surface area contributed by atoms with Gasteiger partial charge in [0.25, 0.3) is 5.91 Å². The molecule has 3 aromatic carbocycles. The number of methoxy groups -OCH3 is 1. The molecular weight excluding hydrogens is 348 g/mol. The molecule has 0 radical (unpaired) electrons. The number of hydrogen-bond acceptors (Lipinski definition) is 3. The van der Waals surface area contributed by atoms with Crippen molar-refractivity contribution < 1.29 is 9.53 Å². The molecule has 1 aliphatic rings. The molecule has 1 amide bonds. The van der Waals surface area contributed by atoms with Gasteiger partial charge in [-0.1, -0.05) is 29.8 Å². The van der Waals surface area contributed by atoms with E-state index in [1.54, 1.807) is 30.2 Å². The van der Waals surface area contributed by atoms with Crippen LogP contribution in [0.1, 0.15) is 15.9 Å². The maximum Gasteiger partial charge on any atom is 0.265 e. The van der Waals surface area contributed by atoms with Crippen LogP contribution in [0.3, 0.4) is 0 Å². The summed E-state index contributed by atoms with van der Waals surface area (Å²) in [6.45, 7) is 1.99. The molecule has 4 nitrogen and oxygen atoms in total. The number of carbonyl (C=O) groups is 1. The maximum atomic E-state index is 13.4. The molecule has 1 heterocycles. The second kappa shape index (κ2) is 6.39. The van der Waals surface area contributed by atoms with Gasteiger partial charge in [0.1, 0.15) is 5.75 Å². The van der Waals surface area contributed by atoms with E-state index in [9.17, 15) is 4.79 Å². The molecule has 0 fully saturated rings. The van der Waals surface area contributed by atoms with Crippen molar-refractivity contribution >= 4 is 40.3 Å². The second-order valence-corrected chi connectivity index (χ2v) is 6.56. The number of para-hydroxylation sites is 1. The molecule has 1 N–H and O–H groups in total. The third kappa shape index (κ3) is 2.68. The molecule has 0 bridgehead atoms. The Bertz CT molecular complexity index is 1020. The van der Waals surface area contributed by atoms with E-state index in [4.69, 9.17) is 16.3 Å². The van der Waals surface area contributed by atoms with Crippen LogP contribution in [0.4, 0.5) is 22.7 Å². The molecule has 130 valence electrons. The highest BCUT2D eigenvalue weighted by Crippen LogP contribution is 2.42. The number of carbonyl (C=O) groups excluding carboxylic acids is 1. The lowest BCUT2D eigenvalue weighted by molar-refractivity contribution is 0.100. The van der Waals surface area contributed by atoms with Gasteiger partial charge >= 0.3 is 0 Å². The van der Waals surface area contributed by atoms with Crippen LogP contribution >= 0.6 is 11.6 Å². The van der Waals surface area contributed by atoms with E-state index in [1.807, 2.05) is 49.4 Å². The van der Waals surface area contributed by atoms with Gasteiger partial charge in [-0.25, -0.2) is 0 Å². The molecule has 1 aliphatic heterocycles. The second-order valence-electron chi connectivity index (χ2n) is 6.13. The number of benzene rings is 3. The topological polar surface area (TPSA) is 41.6 Å². The number of rotatable bonds is 2. The fraction of sp³-hybridized carbons (Fsp3) is 0.0952. The summed E-state index contributed by atoms with van der Waals surface area (Å²) < 4.78 is 5.35. The highest BCUT2D eigenvalue weighted by molar-refractivity contribution is 6.31. The summed E-state index contributed by atoms with van der Waals surface area (Å²) in [5.41, 5.74) is 4.63. The van der Waals surface area contributed by atoms with Crippen molar-refractivity contribution in [1.82, 2.24) is 0 Å². The van der Waals surface area contributed by atoms with Crippen LogP contribution in [0, 0.1) is 6.92 Å². The zero-order valence-corrected chi connectivity index (χ0v) is 15.2. The van der Waals surface area contributed by atoms with Gasteiger partial charge in [0, 0.05) is 11.1 Å². The van der Waals surface area contributed by atoms with Crippen molar-refractivity contribution in [2.75, 3.05) is 17.3 Å². The van der Waals surface area contributed by atoms with Gasteiger partial charge in [0.05, 0.1) is 35.4 Å². The predicted molar refractivity (Wildman–Crippen MR) is 105 cm³/mol. The van der Waals surface area contributed by atoms with Crippen LogP contribution in [0.5, 0.6) is 5.75 Å². The maximum absolute atomic E-state index is 13.4. The van der Waals surface area contributed by atoms with E-state index in [1.165, 1.54) is 0 Å². The molecule has 0 saturated heterocycles. The van der Waals surface area contributed by atoms with Crippen molar-refractivity contribution in [3.63, 3.8) is 0 Å². The number of ether oxygens (including phenoxy) is 1. The minimum atomic E-state index is -0.109. The zero-order valence-electron chi connectivity index (χ0n) is 14.4. The number of hydrogen-bond donors (Lipinski definition) is 1. The molecule has 5 heteroatoms. The molecule has 0 saturated carbocycles. The van der Waals surface area contributed by atoms with Crippen LogP contribution in [0.2, 0.25) is 5.02 Å². The van der Waals surface area contributed by atoms with Crippen molar-refractivity contribution in [3.8, 4) is 5.75 Å². The molecular formula is C21H17ClN2O2. The lowest BCUT2D eigenvalue weighted by Gasteiger charge is -2.25. The molecule has 3 aromatic rings. The average molecular weight is 365 g/mol. The fourth-order valence-corrected chi connectivity index (χ4v) is 3.34. The summed E-state index contributed by atoms with van der Waals surface area (Å²) in [4.78, 5) is 15.2. The van der Waals surface area contributed by atoms with Gasteiger partial charge < -0.3 is 10.1 Å². The lowest BCUT2D eigenvalue weighted by Crippen LogP contribution is -2.25. The number of amides is 1. The Morgan fingerprint density at radius 2 is 1.77 bits per heavy atom. The Balaban J connectivity index is 2.00. The van der Waals surface area contributed by atoms with Gasteiger partial charge in [0.2, 0.25) is 0 Å². The van der Waals surface area contributed by atoms with Crippen LogP contribution in [-0.4, -0.2) is 13.0 Å². The first kappa shape index (κ1) is 16.5. The van der Waals surface area contributed by atoms with Crippen LogP contribution in [-0.2, 0) is 0 Å². The first-order chi connectivity index (χ1) is 12.6. The standard InChI is InChI=1S/C21H17ClN2O2/c1-13-5-3-4-6-19(13)24-20-10-8-15(26-2)12-18(20)23-17-11-14(22)7-9-16(17)21(24)25/h3-12,23H,1-2H3. The van der Waals surface area contributed by atoms with Crippen molar-refractivity contribution in [1.29, 1.82) is 0 Å². The van der Waals surface area contributed by atoms with E-state index >= 15 is 0 Å². The number of fused-ring (bicyclic) bond motifs is 2. The number of aryl methyl sites for hydroxylation is 1. The van der Waals surface area contributed by atoms with Gasteiger partial charge in [0.15, 0.2) is 0 Å². The third-order valence-electron chi connectivity index (χ3n) is 4.49. The Kier molecular flexibility index (Phi) is 4.05. The Morgan fingerprint density at radius 1 is 0.962 bits per heavy atom. The minimum absolute atomic E-state index is 0.109. The number of anilines is 4. The number of halogens is 1. The summed E-state index contributed by atoms with van der Waals surface area (Å²) in [6, 6.07) is 18.7. The Labute approximate surface area is 157 Å². The molecule has 0 spiro atoms. The molecule has 0 unspecified atom stereocenters. The number of nitrogens with zero attached hydrogens (tertiary/aromatic N) is 1. The van der Waals surface area contributed by atoms with Crippen LogP contribution in [0.15, 0.2) is 60.7 Å². The summed E-state index contributed by atoms with van der Waals surface area (Å²) in [5.74, 6) is 0.598. The first-order valence-electron chi connectivity index (χ1n) is 8.23. The van der Waals surface area contributed by atoms with E-state index in [0.29, 0.717) is 22.0 Å². The fourth-order valence-electron chi connectivity index (χ4n) is 3.17. The minimum Gasteiger partial charge on any atom is -0.497 e. The largest absolute Gasteiger partial charge is 0.497 e. The Hall–Kier alpha value is -2.98.